The molecule has 98 valence electrons. The Morgan fingerprint density at radius 1 is 1.21 bits per heavy atom. The van der Waals surface area contributed by atoms with Gasteiger partial charge >= 0.3 is 0 Å². The van der Waals surface area contributed by atoms with Crippen LogP contribution in [0, 0.1) is 0 Å². The second kappa shape index (κ2) is 5.95. The van der Waals surface area contributed by atoms with Gasteiger partial charge in [0.2, 0.25) is 5.88 Å². The van der Waals surface area contributed by atoms with Gasteiger partial charge in [-0.25, -0.2) is 9.97 Å². The van der Waals surface area contributed by atoms with E-state index in [1.807, 2.05) is 19.1 Å². The highest BCUT2D eigenvalue weighted by Gasteiger charge is 2.20. The molecule has 19 heavy (non-hydrogen) atoms. The van der Waals surface area contributed by atoms with Crippen molar-refractivity contribution in [1.29, 1.82) is 0 Å². The molecule has 0 aliphatic heterocycles. The summed E-state index contributed by atoms with van der Waals surface area (Å²) in [6.45, 7) is 2.42. The molecule has 0 bridgehead atoms. The second-order valence-electron chi connectivity index (χ2n) is 3.80. The summed E-state index contributed by atoms with van der Waals surface area (Å²) < 4.78 is 5.12. The average molecular weight is 257 g/mol. The van der Waals surface area contributed by atoms with Crippen LogP contribution in [-0.2, 0) is 0 Å². The summed E-state index contributed by atoms with van der Waals surface area (Å²) in [4.78, 5) is 22.3. The monoisotopic (exact) mass is 257 g/mol. The molecule has 5 nitrogen and oxygen atoms in total. The lowest BCUT2D eigenvalue weighted by molar-refractivity contribution is 0.0984. The van der Waals surface area contributed by atoms with Gasteiger partial charge in [0.1, 0.15) is 11.4 Å². The molecule has 0 saturated heterocycles. The minimum Gasteiger partial charge on any atom is -0.480 e. The number of methoxy groups -OCH3 is 1. The van der Waals surface area contributed by atoms with Crippen LogP contribution in [-0.4, -0.2) is 29.5 Å². The average Bonchev–Trinajstić information content (AvgIpc) is 2.49. The number of amides is 1. The van der Waals surface area contributed by atoms with Crippen LogP contribution in [0.3, 0.4) is 0 Å². The maximum absolute atomic E-state index is 12.5. The third kappa shape index (κ3) is 2.70. The molecule has 1 amide bonds. The number of hydrogen-bond acceptors (Lipinski definition) is 4. The van der Waals surface area contributed by atoms with Crippen molar-refractivity contribution >= 4 is 11.7 Å². The van der Waals surface area contributed by atoms with Crippen LogP contribution in [0.15, 0.2) is 42.7 Å². The van der Waals surface area contributed by atoms with Crippen molar-refractivity contribution in [2.24, 2.45) is 0 Å². The summed E-state index contributed by atoms with van der Waals surface area (Å²) >= 11 is 0. The van der Waals surface area contributed by atoms with Crippen LogP contribution < -0.4 is 9.64 Å². The number of carbonyl (C=O) groups excluding carboxylic acids is 1. The van der Waals surface area contributed by atoms with Crippen molar-refractivity contribution in [2.75, 3.05) is 18.6 Å². The normalized spacial score (nSPS) is 10.0. The first-order chi connectivity index (χ1) is 9.27. The van der Waals surface area contributed by atoms with Gasteiger partial charge in [-0.2, -0.15) is 0 Å². The first kappa shape index (κ1) is 13.0. The van der Waals surface area contributed by atoms with Gasteiger partial charge in [-0.05, 0) is 31.2 Å². The Balaban J connectivity index is 2.36. The molecule has 0 unspecified atom stereocenters. The van der Waals surface area contributed by atoms with Crippen LogP contribution in [0.1, 0.15) is 17.3 Å². The maximum Gasteiger partial charge on any atom is 0.264 e. The number of carbonyl (C=O) groups is 1. The summed E-state index contributed by atoms with van der Waals surface area (Å²) in [5, 5.41) is 0. The van der Waals surface area contributed by atoms with E-state index < -0.39 is 0 Å². The van der Waals surface area contributed by atoms with Crippen LogP contribution in [0.5, 0.6) is 5.88 Å². The molecule has 0 radical (unpaired) electrons. The predicted molar refractivity (Wildman–Crippen MR) is 72.4 cm³/mol. The number of hydrogen-bond donors (Lipinski definition) is 0. The molecule has 0 atom stereocenters. The Morgan fingerprint density at radius 2 is 2.00 bits per heavy atom. The molecule has 0 aliphatic carbocycles. The third-order valence-corrected chi connectivity index (χ3v) is 2.68. The fraction of sp³-hybridized carbons (Fsp3) is 0.214. The van der Waals surface area contributed by atoms with E-state index in [9.17, 15) is 4.79 Å². The quantitative estimate of drug-likeness (QED) is 0.842. The number of aromatic nitrogens is 2. The molecule has 2 rings (SSSR count). The third-order valence-electron chi connectivity index (χ3n) is 2.68. The summed E-state index contributed by atoms with van der Waals surface area (Å²) in [6, 6.07) is 8.86. The lowest BCUT2D eigenvalue weighted by Crippen LogP contribution is -2.31. The van der Waals surface area contributed by atoms with Crippen LogP contribution in [0.2, 0.25) is 0 Å². The van der Waals surface area contributed by atoms with E-state index in [0.717, 1.165) is 0 Å². The SMILES string of the molecule is CCN(C(=O)c1cccnc1OC)c1ccccn1. The highest BCUT2D eigenvalue weighted by molar-refractivity contribution is 6.07. The summed E-state index contributed by atoms with van der Waals surface area (Å²) in [7, 11) is 1.50. The molecule has 0 fully saturated rings. The van der Waals surface area contributed by atoms with Gasteiger partial charge in [-0.3, -0.25) is 9.69 Å². The Kier molecular flexibility index (Phi) is 4.07. The highest BCUT2D eigenvalue weighted by atomic mass is 16.5. The molecule has 0 aliphatic rings. The van der Waals surface area contributed by atoms with Crippen molar-refractivity contribution in [3.8, 4) is 5.88 Å². The molecule has 2 aromatic rings. The molecule has 0 N–H and O–H groups in total. The van der Waals surface area contributed by atoms with Gasteiger partial charge < -0.3 is 4.74 Å². The predicted octanol–water partition coefficient (Wildman–Crippen LogP) is 2.15. The largest absolute Gasteiger partial charge is 0.480 e. The van der Waals surface area contributed by atoms with E-state index in [2.05, 4.69) is 9.97 Å². The minimum absolute atomic E-state index is 0.175. The standard InChI is InChI=1S/C14H15N3O2/c1-3-17(12-8-4-5-9-15-12)14(18)11-7-6-10-16-13(11)19-2/h4-10H,3H2,1-2H3. The van der Waals surface area contributed by atoms with Gasteiger partial charge in [0.15, 0.2) is 0 Å². The first-order valence-electron chi connectivity index (χ1n) is 5.99. The number of anilines is 1. The zero-order valence-corrected chi connectivity index (χ0v) is 10.9. The zero-order valence-electron chi connectivity index (χ0n) is 10.9. The van der Waals surface area contributed by atoms with Crippen LogP contribution in [0.25, 0.3) is 0 Å². The highest BCUT2D eigenvalue weighted by Crippen LogP contribution is 2.19. The van der Waals surface area contributed by atoms with E-state index >= 15 is 0 Å². The lowest BCUT2D eigenvalue weighted by atomic mass is 10.2. The second-order valence-corrected chi connectivity index (χ2v) is 3.80. The van der Waals surface area contributed by atoms with Crippen molar-refractivity contribution < 1.29 is 9.53 Å². The molecule has 2 heterocycles. The zero-order chi connectivity index (χ0) is 13.7. The van der Waals surface area contributed by atoms with Crippen molar-refractivity contribution in [1.82, 2.24) is 9.97 Å². The van der Waals surface area contributed by atoms with E-state index in [0.29, 0.717) is 23.8 Å². The molecule has 5 heteroatoms. The van der Waals surface area contributed by atoms with Gasteiger partial charge in [0.05, 0.1) is 7.11 Å². The lowest BCUT2D eigenvalue weighted by Gasteiger charge is -2.20. The van der Waals surface area contributed by atoms with E-state index in [1.165, 1.54) is 7.11 Å². The van der Waals surface area contributed by atoms with Gasteiger partial charge in [-0.15, -0.1) is 0 Å². The topological polar surface area (TPSA) is 55.3 Å². The Bertz CT molecular complexity index is 558. The van der Waals surface area contributed by atoms with Crippen molar-refractivity contribution in [2.45, 2.75) is 6.92 Å². The Morgan fingerprint density at radius 3 is 2.63 bits per heavy atom. The summed E-state index contributed by atoms with van der Waals surface area (Å²) in [5.74, 6) is 0.758. The molecule has 0 saturated carbocycles. The molecule has 0 spiro atoms. The summed E-state index contributed by atoms with van der Waals surface area (Å²) in [5.41, 5.74) is 0.428. The van der Waals surface area contributed by atoms with Crippen molar-refractivity contribution in [3.05, 3.63) is 48.3 Å². The number of rotatable bonds is 4. The number of pyridine rings is 2. The summed E-state index contributed by atoms with van der Waals surface area (Å²) in [6.07, 6.45) is 3.25. The van der Waals surface area contributed by atoms with Crippen molar-refractivity contribution in [3.63, 3.8) is 0 Å². The molecule has 2 aromatic heterocycles. The van der Waals surface area contributed by atoms with Crippen LogP contribution in [0.4, 0.5) is 5.82 Å². The van der Waals surface area contributed by atoms with E-state index in [4.69, 9.17) is 4.74 Å². The fourth-order valence-electron chi connectivity index (χ4n) is 1.78. The maximum atomic E-state index is 12.5. The van der Waals surface area contributed by atoms with Crippen LogP contribution >= 0.6 is 0 Å². The number of ether oxygens (including phenoxy) is 1. The van der Waals surface area contributed by atoms with Gasteiger partial charge in [-0.1, -0.05) is 6.07 Å². The Labute approximate surface area is 111 Å². The molecular weight excluding hydrogens is 242 g/mol. The van der Waals surface area contributed by atoms with E-state index in [-0.39, 0.29) is 5.91 Å². The molecular formula is C14H15N3O2. The Hall–Kier alpha value is -2.43. The molecule has 0 aromatic carbocycles. The minimum atomic E-state index is -0.175. The fourth-order valence-corrected chi connectivity index (χ4v) is 1.78. The smallest absolute Gasteiger partial charge is 0.264 e. The number of nitrogens with zero attached hydrogens (tertiary/aromatic N) is 3. The van der Waals surface area contributed by atoms with Gasteiger partial charge in [0, 0.05) is 18.9 Å². The van der Waals surface area contributed by atoms with Gasteiger partial charge in [0.25, 0.3) is 5.91 Å². The first-order valence-corrected chi connectivity index (χ1v) is 5.99. The van der Waals surface area contributed by atoms with E-state index in [1.54, 1.807) is 35.5 Å².